The van der Waals surface area contributed by atoms with Crippen molar-refractivity contribution < 1.29 is 23.5 Å². The average Bonchev–Trinajstić information content (AvgIpc) is 2.86. The predicted molar refractivity (Wildman–Crippen MR) is 131 cm³/mol. The zero-order valence-electron chi connectivity index (χ0n) is 19.2. The van der Waals surface area contributed by atoms with Crippen LogP contribution in [0.4, 0.5) is 10.1 Å². The summed E-state index contributed by atoms with van der Waals surface area (Å²) in [7, 11) is 1.53. The summed E-state index contributed by atoms with van der Waals surface area (Å²) in [6, 6.07) is 16.8. The Balaban J connectivity index is 1.76. The van der Waals surface area contributed by atoms with Crippen molar-refractivity contribution in [3.63, 3.8) is 0 Å². The molecule has 178 valence electrons. The second-order valence-corrected chi connectivity index (χ2v) is 7.73. The highest BCUT2D eigenvalue weighted by molar-refractivity contribution is 6.10. The van der Waals surface area contributed by atoms with E-state index in [1.807, 2.05) is 6.92 Å². The average molecular weight is 474 g/mol. The Morgan fingerprint density at radius 3 is 2.49 bits per heavy atom. The third kappa shape index (κ3) is 5.22. The van der Waals surface area contributed by atoms with Gasteiger partial charge in [-0.15, -0.1) is 0 Å². The van der Waals surface area contributed by atoms with Gasteiger partial charge in [0.05, 0.1) is 30.2 Å². The summed E-state index contributed by atoms with van der Waals surface area (Å²) in [5, 5.41) is 3.03. The number of ether oxygens (including phenoxy) is 2. The molecule has 0 radical (unpaired) electrons. The van der Waals surface area contributed by atoms with Crippen LogP contribution in [0, 0.1) is 5.82 Å². The Kier molecular flexibility index (Phi) is 6.91. The molecule has 8 heteroatoms. The number of carbonyl (C=O) groups is 2. The minimum Gasteiger partial charge on any atom is -0.497 e. The number of hydrogen-bond acceptors (Lipinski definition) is 5. The van der Waals surface area contributed by atoms with E-state index in [1.54, 1.807) is 47.0 Å². The molecule has 1 amide bonds. The van der Waals surface area contributed by atoms with Crippen molar-refractivity contribution in [1.29, 1.82) is 0 Å². The number of benzene rings is 3. The number of anilines is 1. The number of nitrogens with one attached hydrogen (secondary N) is 1. The van der Waals surface area contributed by atoms with Gasteiger partial charge in [-0.25, -0.2) is 4.39 Å². The molecule has 0 bridgehead atoms. The molecule has 4 rings (SSSR count). The van der Waals surface area contributed by atoms with E-state index in [1.165, 1.54) is 25.4 Å². The largest absolute Gasteiger partial charge is 0.497 e. The van der Waals surface area contributed by atoms with Gasteiger partial charge in [0.15, 0.2) is 5.78 Å². The lowest BCUT2D eigenvalue weighted by molar-refractivity contribution is -0.116. The van der Waals surface area contributed by atoms with E-state index in [9.17, 15) is 18.8 Å². The fourth-order valence-corrected chi connectivity index (χ4v) is 3.74. The molecule has 0 unspecified atom stereocenters. The summed E-state index contributed by atoms with van der Waals surface area (Å²) >= 11 is 0. The highest BCUT2D eigenvalue weighted by atomic mass is 19.1. The van der Waals surface area contributed by atoms with E-state index in [0.29, 0.717) is 29.3 Å². The monoisotopic (exact) mass is 474 g/mol. The number of aromatic nitrogens is 1. The molecular formula is C27H23FN2O5. The number of nitrogens with zero attached hydrogens (tertiary/aromatic N) is 1. The zero-order chi connectivity index (χ0) is 24.9. The highest BCUT2D eigenvalue weighted by Gasteiger charge is 2.19. The Hall–Kier alpha value is -4.46. The minimum atomic E-state index is -0.569. The van der Waals surface area contributed by atoms with Crippen molar-refractivity contribution in [2.24, 2.45) is 0 Å². The molecule has 1 aromatic heterocycles. The number of carbonyl (C=O) groups excluding carboxylic acids is 2. The lowest BCUT2D eigenvalue weighted by Crippen LogP contribution is -2.24. The second kappa shape index (κ2) is 10.2. The van der Waals surface area contributed by atoms with E-state index >= 15 is 0 Å². The highest BCUT2D eigenvalue weighted by Crippen LogP contribution is 2.21. The molecule has 1 N–H and O–H groups in total. The Labute approximate surface area is 200 Å². The number of halogens is 1. The van der Waals surface area contributed by atoms with Crippen molar-refractivity contribution in [1.82, 2.24) is 4.57 Å². The Morgan fingerprint density at radius 1 is 1.00 bits per heavy atom. The topological polar surface area (TPSA) is 86.6 Å². The molecule has 0 aliphatic rings. The van der Waals surface area contributed by atoms with Crippen molar-refractivity contribution >= 4 is 28.3 Å². The van der Waals surface area contributed by atoms with Crippen LogP contribution in [0.15, 0.2) is 77.7 Å². The molecule has 0 saturated heterocycles. The molecule has 3 aromatic carbocycles. The number of rotatable bonds is 8. The molecule has 4 aromatic rings. The maximum atomic E-state index is 13.3. The second-order valence-electron chi connectivity index (χ2n) is 7.73. The molecule has 0 fully saturated rings. The molecule has 0 saturated carbocycles. The van der Waals surface area contributed by atoms with Crippen molar-refractivity contribution in [2.45, 2.75) is 13.5 Å². The number of ketones is 1. The van der Waals surface area contributed by atoms with Crippen molar-refractivity contribution in [2.75, 3.05) is 19.0 Å². The first-order valence-electron chi connectivity index (χ1n) is 10.9. The van der Waals surface area contributed by atoms with E-state index in [4.69, 9.17) is 9.47 Å². The van der Waals surface area contributed by atoms with Gasteiger partial charge in [0.25, 0.3) is 0 Å². The predicted octanol–water partition coefficient (Wildman–Crippen LogP) is 4.42. The number of amides is 1. The summed E-state index contributed by atoms with van der Waals surface area (Å²) in [5.74, 6) is -0.367. The molecule has 1 heterocycles. The zero-order valence-corrected chi connectivity index (χ0v) is 19.2. The van der Waals surface area contributed by atoms with Gasteiger partial charge in [0.1, 0.15) is 23.9 Å². The first-order valence-corrected chi connectivity index (χ1v) is 10.9. The van der Waals surface area contributed by atoms with Crippen molar-refractivity contribution in [3.8, 4) is 11.5 Å². The van der Waals surface area contributed by atoms with Crippen LogP contribution >= 0.6 is 0 Å². The summed E-state index contributed by atoms with van der Waals surface area (Å²) < 4.78 is 25.6. The first kappa shape index (κ1) is 23.7. The van der Waals surface area contributed by atoms with Gasteiger partial charge in [-0.2, -0.15) is 0 Å². The summed E-state index contributed by atoms with van der Waals surface area (Å²) in [6.07, 6.45) is 1.36. The van der Waals surface area contributed by atoms with Gasteiger partial charge in [-0.05, 0) is 61.5 Å². The summed E-state index contributed by atoms with van der Waals surface area (Å²) in [4.78, 5) is 39.3. The maximum Gasteiger partial charge on any atom is 0.244 e. The third-order valence-electron chi connectivity index (χ3n) is 5.38. The smallest absolute Gasteiger partial charge is 0.244 e. The van der Waals surface area contributed by atoms with E-state index in [2.05, 4.69) is 5.32 Å². The van der Waals surface area contributed by atoms with Gasteiger partial charge in [-0.1, -0.05) is 6.07 Å². The van der Waals surface area contributed by atoms with Crippen LogP contribution in [0.1, 0.15) is 22.8 Å². The fraction of sp³-hybridized carbons (Fsp3) is 0.148. The number of hydrogen-bond donors (Lipinski definition) is 1. The van der Waals surface area contributed by atoms with Crippen LogP contribution in [-0.2, 0) is 11.3 Å². The van der Waals surface area contributed by atoms with Gasteiger partial charge in [0.2, 0.25) is 11.3 Å². The normalized spacial score (nSPS) is 10.7. The Morgan fingerprint density at radius 2 is 1.77 bits per heavy atom. The lowest BCUT2D eigenvalue weighted by Gasteiger charge is -2.15. The van der Waals surface area contributed by atoms with Gasteiger partial charge >= 0.3 is 0 Å². The fourth-order valence-electron chi connectivity index (χ4n) is 3.74. The first-order chi connectivity index (χ1) is 16.9. The minimum absolute atomic E-state index is 0.132. The van der Waals surface area contributed by atoms with Crippen LogP contribution in [0.25, 0.3) is 10.9 Å². The van der Waals surface area contributed by atoms with Crippen molar-refractivity contribution in [3.05, 3.63) is 100 Å². The quantitative estimate of drug-likeness (QED) is 0.382. The lowest BCUT2D eigenvalue weighted by atomic mass is 10.0. The van der Waals surface area contributed by atoms with Crippen LogP contribution in [0.5, 0.6) is 11.5 Å². The van der Waals surface area contributed by atoms with E-state index in [0.717, 1.165) is 12.1 Å². The molecule has 35 heavy (non-hydrogen) atoms. The molecule has 0 spiro atoms. The maximum absolute atomic E-state index is 13.3. The van der Waals surface area contributed by atoms with E-state index < -0.39 is 17.0 Å². The third-order valence-corrected chi connectivity index (χ3v) is 5.38. The standard InChI is InChI=1S/C27H23FN2O5/c1-3-35-21-11-12-24-22(14-21)27(33)23(26(32)17-7-9-18(28)10-8-17)15-30(24)16-25(31)29-19-5-4-6-20(13-19)34-2/h4-15H,3,16H2,1-2H3,(H,29,31). The summed E-state index contributed by atoms with van der Waals surface area (Å²) in [5.41, 5.74) is 0.541. The van der Waals surface area contributed by atoms with Gasteiger partial charge in [0, 0.05) is 23.5 Å². The molecule has 0 aliphatic heterocycles. The van der Waals surface area contributed by atoms with Crippen LogP contribution in [-0.4, -0.2) is 30.0 Å². The number of methoxy groups -OCH3 is 1. The molecule has 0 atom stereocenters. The van der Waals surface area contributed by atoms with Crippen LogP contribution in [0.3, 0.4) is 0 Å². The number of pyridine rings is 1. The summed E-state index contributed by atoms with van der Waals surface area (Å²) in [6.45, 7) is 2.06. The van der Waals surface area contributed by atoms with Gasteiger partial charge in [-0.3, -0.25) is 14.4 Å². The SMILES string of the molecule is CCOc1ccc2c(c1)c(=O)c(C(=O)c1ccc(F)cc1)cn2CC(=O)Nc1cccc(OC)c1. The van der Waals surface area contributed by atoms with E-state index in [-0.39, 0.29) is 29.0 Å². The van der Waals surface area contributed by atoms with Gasteiger partial charge < -0.3 is 19.4 Å². The molecule has 7 nitrogen and oxygen atoms in total. The molecular weight excluding hydrogens is 451 g/mol. The van der Waals surface area contributed by atoms with Crippen LogP contribution in [0.2, 0.25) is 0 Å². The molecule has 0 aliphatic carbocycles. The van der Waals surface area contributed by atoms with Crippen LogP contribution < -0.4 is 20.2 Å². The Bertz CT molecular complexity index is 1460. The number of fused-ring (bicyclic) bond motifs is 1.